The lowest BCUT2D eigenvalue weighted by molar-refractivity contribution is 0.525. The third-order valence-electron chi connectivity index (χ3n) is 5.57. The lowest BCUT2D eigenvalue weighted by Gasteiger charge is -1.90. The maximum atomic E-state index is 4.85. The average molecular weight is 529 g/mol. The van der Waals surface area contributed by atoms with Gasteiger partial charge in [-0.15, -0.1) is 11.3 Å². The summed E-state index contributed by atoms with van der Waals surface area (Å²) in [6.07, 6.45) is 10.6. The fourth-order valence-electron chi connectivity index (χ4n) is 2.19. The van der Waals surface area contributed by atoms with Gasteiger partial charge in [0.2, 0.25) is 0 Å². The van der Waals surface area contributed by atoms with Crippen molar-refractivity contribution in [1.82, 2.24) is 38.6 Å². The summed E-state index contributed by atoms with van der Waals surface area (Å²) in [6.45, 7) is 16.0. The molecule has 0 saturated heterocycles. The van der Waals surface area contributed by atoms with E-state index in [0.717, 1.165) is 28.7 Å². The minimum Gasteiger partial charge on any atom is -0.449 e. The largest absolute Gasteiger partial charge is 0.449 e. The lowest BCUT2D eigenvalue weighted by atomic mass is 10.4. The van der Waals surface area contributed by atoms with E-state index >= 15 is 0 Å². The van der Waals surface area contributed by atoms with Gasteiger partial charge in [0.25, 0.3) is 0 Å². The van der Waals surface area contributed by atoms with Crippen molar-refractivity contribution < 1.29 is 4.42 Å². The first-order valence-corrected chi connectivity index (χ1v) is 12.4. The molecule has 0 aliphatic carbocycles. The van der Waals surface area contributed by atoms with Gasteiger partial charge < -0.3 is 18.1 Å². The number of thiazole rings is 1. The average Bonchev–Trinajstić information content (AvgIpc) is 3.66. The number of imidazole rings is 3. The molecule has 0 aromatic carbocycles. The molecule has 5 heterocycles. The summed E-state index contributed by atoms with van der Waals surface area (Å²) in [5, 5.41) is 0. The molecule has 0 saturated carbocycles. The molecule has 9 nitrogen and oxygen atoms in total. The highest BCUT2D eigenvalue weighted by atomic mass is 32.1. The van der Waals surface area contributed by atoms with Crippen molar-refractivity contribution in [3.63, 3.8) is 0 Å². The first-order chi connectivity index (χ1) is 16.9. The standard InChI is InChI=1S/C6H10N2.2C5H8N2.C5H7NO.C5H7NS.CH4/c1-5-6(2)8(3)4-7-5;1-5-3-6-4-7(5)2;1-5-6-3-4-7(5)2;2*1-4-5(2)7-3-6-4;/h4H,1-3H3;2*3-4H,1-2H3;2*3H,1-2H3;1H4. The van der Waals surface area contributed by atoms with E-state index in [2.05, 4.69) is 38.8 Å². The maximum Gasteiger partial charge on any atom is 0.181 e. The molecule has 0 aliphatic rings. The molecule has 10 heteroatoms. The quantitative estimate of drug-likeness (QED) is 0.238. The van der Waals surface area contributed by atoms with Gasteiger partial charge in [0, 0.05) is 56.0 Å². The van der Waals surface area contributed by atoms with Crippen LogP contribution in [-0.4, -0.2) is 38.6 Å². The van der Waals surface area contributed by atoms with Gasteiger partial charge in [-0.2, -0.15) is 0 Å². The van der Waals surface area contributed by atoms with E-state index in [1.807, 2.05) is 101 Å². The second kappa shape index (κ2) is 17.0. The maximum absolute atomic E-state index is 4.85. The van der Waals surface area contributed by atoms with E-state index in [-0.39, 0.29) is 7.43 Å². The van der Waals surface area contributed by atoms with Gasteiger partial charge in [-0.05, 0) is 55.4 Å². The van der Waals surface area contributed by atoms with Crippen LogP contribution in [0.2, 0.25) is 0 Å². The second-order valence-corrected chi connectivity index (χ2v) is 9.30. The highest BCUT2D eigenvalue weighted by molar-refractivity contribution is 7.09. The molecule has 5 aromatic heterocycles. The number of aromatic nitrogens is 8. The van der Waals surface area contributed by atoms with Crippen LogP contribution in [0.5, 0.6) is 0 Å². The van der Waals surface area contributed by atoms with Gasteiger partial charge in [-0.1, -0.05) is 7.43 Å². The van der Waals surface area contributed by atoms with Crippen LogP contribution in [-0.2, 0) is 21.1 Å². The number of oxazole rings is 1. The van der Waals surface area contributed by atoms with Gasteiger partial charge in [-0.3, -0.25) is 0 Å². The zero-order valence-corrected chi connectivity index (χ0v) is 24.3. The van der Waals surface area contributed by atoms with E-state index in [9.17, 15) is 0 Å². The highest BCUT2D eigenvalue weighted by Crippen LogP contribution is 2.08. The molecule has 0 atom stereocenters. The zero-order valence-electron chi connectivity index (χ0n) is 23.4. The molecule has 0 N–H and O–H groups in total. The van der Waals surface area contributed by atoms with Crippen molar-refractivity contribution in [2.24, 2.45) is 21.1 Å². The Bertz CT molecular complexity index is 1040. The van der Waals surface area contributed by atoms with Crippen molar-refractivity contribution in [2.45, 2.75) is 62.8 Å². The summed E-state index contributed by atoms with van der Waals surface area (Å²) in [6, 6.07) is 0. The van der Waals surface area contributed by atoms with Gasteiger partial charge in [0.05, 0.1) is 35.2 Å². The summed E-state index contributed by atoms with van der Waals surface area (Å²) in [5.74, 6) is 1.96. The van der Waals surface area contributed by atoms with Gasteiger partial charge >= 0.3 is 0 Å². The smallest absolute Gasteiger partial charge is 0.181 e. The lowest BCUT2D eigenvalue weighted by Crippen LogP contribution is -1.87. The van der Waals surface area contributed by atoms with Gasteiger partial charge in [-0.25, -0.2) is 24.9 Å². The van der Waals surface area contributed by atoms with Crippen molar-refractivity contribution in [2.75, 3.05) is 0 Å². The van der Waals surface area contributed by atoms with E-state index < -0.39 is 0 Å². The predicted octanol–water partition coefficient (Wildman–Crippen LogP) is 6.18. The molecule has 5 aromatic rings. The predicted molar refractivity (Wildman–Crippen MR) is 153 cm³/mol. The first-order valence-electron chi connectivity index (χ1n) is 11.5. The Kier molecular flexibility index (Phi) is 15.4. The van der Waals surface area contributed by atoms with Crippen molar-refractivity contribution in [3.05, 3.63) is 88.1 Å². The molecule has 0 unspecified atom stereocenters. The first kappa shape index (κ1) is 33.5. The molecular weight excluding hydrogens is 484 g/mol. The third-order valence-corrected chi connectivity index (χ3v) is 6.43. The molecule has 0 bridgehead atoms. The third kappa shape index (κ3) is 12.3. The Morgan fingerprint density at radius 2 is 1.41 bits per heavy atom. The highest BCUT2D eigenvalue weighted by Gasteiger charge is 1.94. The Balaban J connectivity index is 0.000000435. The minimum absolute atomic E-state index is 0. The van der Waals surface area contributed by atoms with Crippen LogP contribution in [0.4, 0.5) is 0 Å². The monoisotopic (exact) mass is 528 g/mol. The second-order valence-electron chi connectivity index (χ2n) is 8.25. The molecule has 37 heavy (non-hydrogen) atoms. The molecule has 0 spiro atoms. The molecule has 0 aliphatic heterocycles. The van der Waals surface area contributed by atoms with Crippen LogP contribution in [0.15, 0.2) is 47.6 Å². The topological polar surface area (TPSA) is 92.4 Å². The van der Waals surface area contributed by atoms with Crippen molar-refractivity contribution in [3.8, 4) is 0 Å². The van der Waals surface area contributed by atoms with Crippen LogP contribution in [0, 0.1) is 55.4 Å². The van der Waals surface area contributed by atoms with Crippen molar-refractivity contribution >= 4 is 11.3 Å². The minimum atomic E-state index is 0. The van der Waals surface area contributed by atoms with Crippen molar-refractivity contribution in [1.29, 1.82) is 0 Å². The van der Waals surface area contributed by atoms with Crippen LogP contribution >= 0.6 is 11.3 Å². The fraction of sp³-hybridized carbons (Fsp3) is 0.444. The van der Waals surface area contributed by atoms with Crippen LogP contribution in [0.3, 0.4) is 0 Å². The molecule has 0 radical (unpaired) electrons. The SMILES string of the molecule is C.Cc1cncn1C.Cc1nccn1C.Cc1ncn(C)c1C.Cc1ncoc1C.Cc1ncsc1C. The fourth-order valence-corrected chi connectivity index (χ4v) is 2.79. The van der Waals surface area contributed by atoms with Crippen LogP contribution in [0.1, 0.15) is 52.4 Å². The molecule has 5 rings (SSSR count). The van der Waals surface area contributed by atoms with Gasteiger partial charge in [0.1, 0.15) is 11.6 Å². The van der Waals surface area contributed by atoms with E-state index in [0.29, 0.717) is 0 Å². The molecule has 0 fully saturated rings. The molecule has 0 amide bonds. The van der Waals surface area contributed by atoms with E-state index in [4.69, 9.17) is 4.42 Å². The zero-order chi connectivity index (χ0) is 27.3. The Morgan fingerprint density at radius 3 is 1.54 bits per heavy atom. The summed E-state index contributed by atoms with van der Waals surface area (Å²) in [4.78, 5) is 21.1. The molecule has 204 valence electrons. The summed E-state index contributed by atoms with van der Waals surface area (Å²) < 4.78 is 10.8. The van der Waals surface area contributed by atoms with E-state index in [1.165, 1.54) is 22.7 Å². The Hall–Kier alpha value is -3.53. The van der Waals surface area contributed by atoms with Crippen LogP contribution in [0.25, 0.3) is 0 Å². The number of nitrogens with zero attached hydrogens (tertiary/aromatic N) is 8. The molecular formula is C27H44N8OS. The summed E-state index contributed by atoms with van der Waals surface area (Å²) >= 11 is 1.69. The Morgan fingerprint density at radius 1 is 0.730 bits per heavy atom. The number of rotatable bonds is 0. The number of hydrogen-bond donors (Lipinski definition) is 0. The summed E-state index contributed by atoms with van der Waals surface area (Å²) in [5.41, 5.74) is 7.55. The normalized spacial score (nSPS) is 9.27. The number of aryl methyl sites for hydroxylation is 10. The van der Waals surface area contributed by atoms with Crippen LogP contribution < -0.4 is 0 Å². The summed E-state index contributed by atoms with van der Waals surface area (Å²) in [7, 11) is 5.94. The van der Waals surface area contributed by atoms with Gasteiger partial charge in [0.15, 0.2) is 6.39 Å². The van der Waals surface area contributed by atoms with E-state index in [1.54, 1.807) is 23.9 Å². The number of hydrogen-bond acceptors (Lipinski definition) is 7. The Labute approximate surface area is 226 Å².